The summed E-state index contributed by atoms with van der Waals surface area (Å²) in [7, 11) is 0. The van der Waals surface area contributed by atoms with Gasteiger partial charge in [0.25, 0.3) is 0 Å². The van der Waals surface area contributed by atoms with Gasteiger partial charge in [0.05, 0.1) is 0 Å². The van der Waals surface area contributed by atoms with Crippen molar-refractivity contribution in [3.05, 3.63) is 11.6 Å². The first-order valence-electron chi connectivity index (χ1n) is 10.3. The van der Waals surface area contributed by atoms with Gasteiger partial charge in [-0.05, 0) is 0 Å². The molecule has 0 saturated carbocycles. The predicted molar refractivity (Wildman–Crippen MR) is 106 cm³/mol. The van der Waals surface area contributed by atoms with E-state index in [9.17, 15) is 4.79 Å². The van der Waals surface area contributed by atoms with Crippen molar-refractivity contribution in [2.45, 2.75) is 103 Å². The Kier molecular flexibility index (Phi) is 11.6. The van der Waals surface area contributed by atoms with Crippen LogP contribution in [0.4, 0.5) is 0 Å². The van der Waals surface area contributed by atoms with Crippen LogP contribution in [-0.2, 0) is 4.79 Å². The number of carbonyl (C=O) groups is 1. The minimum absolute atomic E-state index is 0.653. The Morgan fingerprint density at radius 1 is 1.04 bits per heavy atom. The number of unbranched alkanes of at least 4 members (excludes halogenated alkanes) is 3. The van der Waals surface area contributed by atoms with E-state index in [0.29, 0.717) is 5.92 Å². The summed E-state index contributed by atoms with van der Waals surface area (Å²) in [4.78, 5) is 10.9. The van der Waals surface area contributed by atoms with Crippen LogP contribution >= 0.6 is 0 Å². The molecule has 0 N–H and O–H groups in total. The Bertz CT molecular complexity index is 326. The van der Waals surface area contributed by atoms with E-state index >= 15 is 0 Å². The second kappa shape index (κ2) is 12.6. The molecule has 0 saturated heterocycles. The van der Waals surface area contributed by atoms with E-state index < -0.39 is 18.4 Å². The van der Waals surface area contributed by atoms with E-state index in [4.69, 9.17) is 0 Å². The van der Waals surface area contributed by atoms with E-state index in [1.54, 1.807) is 18.9 Å². The van der Waals surface area contributed by atoms with Crippen molar-refractivity contribution in [1.82, 2.24) is 0 Å². The minimum atomic E-state index is -2.02. The van der Waals surface area contributed by atoms with Crippen LogP contribution in [-0.4, -0.2) is 24.7 Å². The Hall–Kier alpha value is 0.209. The first-order valence-corrected chi connectivity index (χ1v) is 18.4. The molecule has 1 atom stereocenters. The molecular formula is C21H40OSn. The van der Waals surface area contributed by atoms with Gasteiger partial charge in [-0.25, -0.2) is 0 Å². The SMILES string of the molecule is CCC[CH2][Sn]([CH2]CCC)([CH2]CCC)[CH2]C1=CCC[C@@H](CC=O)C1. The Labute approximate surface area is 149 Å². The van der Waals surface area contributed by atoms with Gasteiger partial charge in [-0.1, -0.05) is 0 Å². The molecular weight excluding hydrogens is 387 g/mol. The molecule has 0 amide bonds. The molecule has 0 spiro atoms. The quantitative estimate of drug-likeness (QED) is 0.173. The van der Waals surface area contributed by atoms with Crippen molar-refractivity contribution in [2.24, 2.45) is 5.92 Å². The standard InChI is InChI=1S/C9H13O.3C4H9.Sn/c1-8-3-2-4-9(7-8)5-6-10;3*1-3-4-2;/h3,6,9H,1-2,4-5,7H2;3*1,3-4H2,2H3;/t9-;;;;/m0..../s1. The van der Waals surface area contributed by atoms with Crippen LogP contribution < -0.4 is 0 Å². The average Bonchev–Trinajstić information content (AvgIpc) is 2.57. The summed E-state index contributed by atoms with van der Waals surface area (Å²) in [6.45, 7) is 7.07. The molecule has 1 nitrogen and oxygen atoms in total. The van der Waals surface area contributed by atoms with Gasteiger partial charge in [0.2, 0.25) is 0 Å². The Balaban J connectivity index is 2.78. The molecule has 2 heteroatoms. The first-order chi connectivity index (χ1) is 11.2. The summed E-state index contributed by atoms with van der Waals surface area (Å²) in [5, 5.41) is 0. The maximum atomic E-state index is 10.9. The van der Waals surface area contributed by atoms with Gasteiger partial charge in [-0.3, -0.25) is 0 Å². The van der Waals surface area contributed by atoms with Crippen LogP contribution in [0.15, 0.2) is 11.6 Å². The molecule has 0 bridgehead atoms. The molecule has 134 valence electrons. The van der Waals surface area contributed by atoms with Crippen LogP contribution in [0.25, 0.3) is 0 Å². The van der Waals surface area contributed by atoms with Crippen molar-refractivity contribution in [1.29, 1.82) is 0 Å². The van der Waals surface area contributed by atoms with Crippen molar-refractivity contribution in [2.75, 3.05) is 0 Å². The number of hydrogen-bond donors (Lipinski definition) is 0. The maximum absolute atomic E-state index is 10.9. The van der Waals surface area contributed by atoms with Crippen LogP contribution in [0.2, 0.25) is 17.7 Å². The van der Waals surface area contributed by atoms with Crippen molar-refractivity contribution in [3.8, 4) is 0 Å². The zero-order valence-corrected chi connectivity index (χ0v) is 18.9. The summed E-state index contributed by atoms with van der Waals surface area (Å²) in [6, 6.07) is 0. The van der Waals surface area contributed by atoms with Gasteiger partial charge in [0, 0.05) is 0 Å². The second-order valence-corrected chi connectivity index (χ2v) is 21.8. The molecule has 0 fully saturated rings. The predicted octanol–water partition coefficient (Wildman–Crippen LogP) is 7.15. The monoisotopic (exact) mass is 428 g/mol. The zero-order chi connectivity index (χ0) is 17.0. The van der Waals surface area contributed by atoms with E-state index in [-0.39, 0.29) is 0 Å². The number of carbonyl (C=O) groups excluding carboxylic acids is 1. The third-order valence-electron chi connectivity index (χ3n) is 5.77. The van der Waals surface area contributed by atoms with E-state index in [1.807, 2.05) is 0 Å². The summed E-state index contributed by atoms with van der Waals surface area (Å²) in [5.74, 6) is 0.653. The van der Waals surface area contributed by atoms with Gasteiger partial charge in [0.1, 0.15) is 0 Å². The fourth-order valence-corrected chi connectivity index (χ4v) is 21.0. The number of rotatable bonds is 13. The molecule has 1 rings (SSSR count). The number of allylic oxidation sites excluding steroid dienone is 2. The normalized spacial score (nSPS) is 18.7. The molecule has 1 aliphatic carbocycles. The molecule has 0 aromatic heterocycles. The molecule has 23 heavy (non-hydrogen) atoms. The molecule has 0 heterocycles. The van der Waals surface area contributed by atoms with E-state index in [0.717, 1.165) is 12.7 Å². The van der Waals surface area contributed by atoms with Crippen LogP contribution in [0.1, 0.15) is 85.0 Å². The Morgan fingerprint density at radius 2 is 1.61 bits per heavy atom. The summed E-state index contributed by atoms with van der Waals surface area (Å²) < 4.78 is 6.35. The molecule has 0 aromatic rings. The van der Waals surface area contributed by atoms with Crippen molar-refractivity contribution in [3.63, 3.8) is 0 Å². The van der Waals surface area contributed by atoms with Crippen LogP contribution in [0.5, 0.6) is 0 Å². The topological polar surface area (TPSA) is 17.1 Å². The summed E-state index contributed by atoms with van der Waals surface area (Å²) in [6.07, 6.45) is 16.7. The van der Waals surface area contributed by atoms with Gasteiger partial charge in [-0.2, -0.15) is 0 Å². The number of aldehydes is 1. The molecule has 0 aromatic carbocycles. The fraction of sp³-hybridized carbons (Fsp3) is 0.857. The third-order valence-corrected chi connectivity index (χ3v) is 21.3. The van der Waals surface area contributed by atoms with E-state index in [1.165, 1.54) is 62.2 Å². The van der Waals surface area contributed by atoms with Gasteiger partial charge in [-0.15, -0.1) is 0 Å². The summed E-state index contributed by atoms with van der Waals surface area (Å²) in [5.41, 5.74) is 1.77. The van der Waals surface area contributed by atoms with Gasteiger partial charge in [0.15, 0.2) is 0 Å². The third kappa shape index (κ3) is 8.22. The fourth-order valence-electron chi connectivity index (χ4n) is 4.34. The van der Waals surface area contributed by atoms with Gasteiger partial charge >= 0.3 is 150 Å². The molecule has 0 aliphatic heterocycles. The number of hydrogen-bond acceptors (Lipinski definition) is 1. The Morgan fingerprint density at radius 3 is 2.09 bits per heavy atom. The second-order valence-electron chi connectivity index (χ2n) is 7.90. The summed E-state index contributed by atoms with van der Waals surface area (Å²) >= 11 is -2.02. The van der Waals surface area contributed by atoms with Crippen LogP contribution in [0.3, 0.4) is 0 Å². The zero-order valence-electron chi connectivity index (χ0n) is 16.0. The average molecular weight is 427 g/mol. The molecule has 0 radical (unpaired) electrons. The van der Waals surface area contributed by atoms with Crippen molar-refractivity contribution >= 4 is 24.7 Å². The van der Waals surface area contributed by atoms with Crippen molar-refractivity contribution < 1.29 is 4.79 Å². The van der Waals surface area contributed by atoms with E-state index in [2.05, 4.69) is 26.8 Å². The van der Waals surface area contributed by atoms with Gasteiger partial charge < -0.3 is 0 Å². The molecule has 1 aliphatic rings. The van der Waals surface area contributed by atoms with Crippen LogP contribution in [0, 0.1) is 5.92 Å². The first kappa shape index (κ1) is 21.3. The molecule has 0 unspecified atom stereocenters.